The molecule has 2 aromatic rings. The summed E-state index contributed by atoms with van der Waals surface area (Å²) in [5.74, 6) is 1.02. The van der Waals surface area contributed by atoms with Crippen LogP contribution in [0.2, 0.25) is 5.02 Å². The topological polar surface area (TPSA) is 17.3 Å². The molecule has 13 heavy (non-hydrogen) atoms. The van der Waals surface area contributed by atoms with Crippen LogP contribution in [0.15, 0.2) is 22.9 Å². The number of imidazole rings is 1. The molecule has 2 rings (SSSR count). The van der Waals surface area contributed by atoms with E-state index in [1.54, 1.807) is 0 Å². The summed E-state index contributed by atoms with van der Waals surface area (Å²) in [4.78, 5) is 4.37. The Morgan fingerprint density at radius 3 is 3.00 bits per heavy atom. The highest BCUT2D eigenvalue weighted by atomic mass is 79.9. The molecule has 68 valence electrons. The first kappa shape index (κ1) is 9.03. The summed E-state index contributed by atoms with van der Waals surface area (Å²) in [5.41, 5.74) is 1.06. The molecule has 0 saturated carbocycles. The largest absolute Gasteiger partial charge is 0.301 e. The molecule has 0 aliphatic heterocycles. The Morgan fingerprint density at radius 1 is 1.54 bits per heavy atom. The Balaban J connectivity index is 2.81. The van der Waals surface area contributed by atoms with E-state index in [1.807, 2.05) is 22.7 Å². The Hall–Kier alpha value is -0.540. The summed E-state index contributed by atoms with van der Waals surface area (Å²) in [6, 6.07) is 3.82. The smallest absolute Gasteiger partial charge is 0.132 e. The molecule has 0 aromatic carbocycles. The number of pyridine rings is 1. The molecular weight excluding hydrogens is 251 g/mol. The molecule has 0 amide bonds. The first-order chi connectivity index (χ1) is 6.22. The molecule has 4 heteroatoms. The quantitative estimate of drug-likeness (QED) is 0.768. The Bertz CT molecular complexity index is 450. The second-order valence-corrected chi connectivity index (χ2v) is 3.96. The van der Waals surface area contributed by atoms with Gasteiger partial charge in [-0.05, 0) is 28.1 Å². The number of hydrogen-bond acceptors (Lipinski definition) is 1. The van der Waals surface area contributed by atoms with Crippen molar-refractivity contribution in [3.63, 3.8) is 0 Å². The average Bonchev–Trinajstić information content (AvgIpc) is 2.42. The fourth-order valence-corrected chi connectivity index (χ4v) is 2.02. The molecule has 0 bridgehead atoms. The normalized spacial score (nSPS) is 11.0. The predicted molar refractivity (Wildman–Crippen MR) is 57.3 cm³/mol. The van der Waals surface area contributed by atoms with Crippen LogP contribution in [-0.2, 0) is 6.42 Å². The molecule has 0 aliphatic rings. The minimum absolute atomic E-state index is 0.729. The molecule has 0 aliphatic carbocycles. The van der Waals surface area contributed by atoms with Crippen molar-refractivity contribution < 1.29 is 0 Å². The van der Waals surface area contributed by atoms with Crippen LogP contribution in [0.5, 0.6) is 0 Å². The van der Waals surface area contributed by atoms with Gasteiger partial charge in [0.2, 0.25) is 0 Å². The fourth-order valence-electron chi connectivity index (χ4n) is 1.33. The summed E-state index contributed by atoms with van der Waals surface area (Å²) in [6.45, 7) is 2.07. The van der Waals surface area contributed by atoms with Gasteiger partial charge in [0.15, 0.2) is 0 Å². The molecule has 0 atom stereocenters. The fraction of sp³-hybridized carbons (Fsp3) is 0.222. The van der Waals surface area contributed by atoms with Gasteiger partial charge >= 0.3 is 0 Å². The van der Waals surface area contributed by atoms with E-state index in [1.165, 1.54) is 0 Å². The Kier molecular flexibility index (Phi) is 2.30. The maximum Gasteiger partial charge on any atom is 0.132 e. The van der Waals surface area contributed by atoms with Crippen LogP contribution in [-0.4, -0.2) is 9.38 Å². The van der Waals surface area contributed by atoms with Gasteiger partial charge in [0.1, 0.15) is 10.4 Å². The van der Waals surface area contributed by atoms with Crippen molar-refractivity contribution in [2.75, 3.05) is 0 Å². The van der Waals surface area contributed by atoms with Crippen LogP contribution in [0.4, 0.5) is 0 Å². The highest BCUT2D eigenvalue weighted by molar-refractivity contribution is 9.10. The zero-order valence-corrected chi connectivity index (χ0v) is 9.43. The number of rotatable bonds is 1. The van der Waals surface area contributed by atoms with Crippen molar-refractivity contribution in [2.24, 2.45) is 0 Å². The lowest BCUT2D eigenvalue weighted by atomic mass is 10.4. The second kappa shape index (κ2) is 3.31. The van der Waals surface area contributed by atoms with E-state index in [0.717, 1.165) is 27.4 Å². The van der Waals surface area contributed by atoms with Gasteiger partial charge in [0.05, 0.1) is 10.5 Å². The standard InChI is InChI=1S/C9H8BrClN2/c1-2-8-12-9(10)7-4-3-6(11)5-13(7)8/h3-5H,2H2,1H3. The van der Waals surface area contributed by atoms with Crippen molar-refractivity contribution in [3.05, 3.63) is 33.8 Å². The van der Waals surface area contributed by atoms with Crippen molar-refractivity contribution in [1.29, 1.82) is 0 Å². The van der Waals surface area contributed by atoms with Gasteiger partial charge in [0.25, 0.3) is 0 Å². The number of aromatic nitrogens is 2. The predicted octanol–water partition coefficient (Wildman–Crippen LogP) is 3.31. The minimum Gasteiger partial charge on any atom is -0.301 e. The number of hydrogen-bond donors (Lipinski definition) is 0. The number of halogens is 2. The molecule has 2 nitrogen and oxygen atoms in total. The summed E-state index contributed by atoms with van der Waals surface area (Å²) >= 11 is 9.30. The van der Waals surface area contributed by atoms with Crippen LogP contribution < -0.4 is 0 Å². The SMILES string of the molecule is CCc1nc(Br)c2ccc(Cl)cn12. The average molecular weight is 260 g/mol. The van der Waals surface area contributed by atoms with E-state index in [-0.39, 0.29) is 0 Å². The van der Waals surface area contributed by atoms with Crippen molar-refractivity contribution in [2.45, 2.75) is 13.3 Å². The Morgan fingerprint density at radius 2 is 2.31 bits per heavy atom. The number of aryl methyl sites for hydroxylation is 1. The van der Waals surface area contributed by atoms with Crippen molar-refractivity contribution >= 4 is 33.0 Å². The van der Waals surface area contributed by atoms with E-state index in [2.05, 4.69) is 27.8 Å². The summed E-state index contributed by atoms with van der Waals surface area (Å²) in [7, 11) is 0. The van der Waals surface area contributed by atoms with Gasteiger partial charge < -0.3 is 4.40 Å². The zero-order valence-electron chi connectivity index (χ0n) is 7.09. The van der Waals surface area contributed by atoms with E-state index >= 15 is 0 Å². The summed E-state index contributed by atoms with van der Waals surface area (Å²) in [5, 5.41) is 0.729. The molecule has 0 radical (unpaired) electrons. The highest BCUT2D eigenvalue weighted by Crippen LogP contribution is 2.21. The number of nitrogens with zero attached hydrogens (tertiary/aromatic N) is 2. The van der Waals surface area contributed by atoms with E-state index in [4.69, 9.17) is 11.6 Å². The molecule has 2 aromatic heterocycles. The minimum atomic E-state index is 0.729. The van der Waals surface area contributed by atoms with Gasteiger partial charge in [-0.15, -0.1) is 0 Å². The summed E-state index contributed by atoms with van der Waals surface area (Å²) in [6.07, 6.45) is 2.78. The van der Waals surface area contributed by atoms with Gasteiger partial charge in [-0.2, -0.15) is 0 Å². The first-order valence-corrected chi connectivity index (χ1v) is 5.21. The third kappa shape index (κ3) is 1.46. The van der Waals surface area contributed by atoms with E-state index < -0.39 is 0 Å². The lowest BCUT2D eigenvalue weighted by Crippen LogP contribution is -1.91. The molecular formula is C9H8BrClN2. The third-order valence-corrected chi connectivity index (χ3v) is 2.75. The highest BCUT2D eigenvalue weighted by Gasteiger charge is 2.06. The second-order valence-electron chi connectivity index (χ2n) is 2.77. The van der Waals surface area contributed by atoms with Gasteiger partial charge in [-0.25, -0.2) is 4.98 Å². The van der Waals surface area contributed by atoms with Crippen LogP contribution in [0.25, 0.3) is 5.52 Å². The molecule has 0 unspecified atom stereocenters. The van der Waals surface area contributed by atoms with E-state index in [9.17, 15) is 0 Å². The Labute approximate surface area is 89.7 Å². The van der Waals surface area contributed by atoms with Crippen LogP contribution >= 0.6 is 27.5 Å². The van der Waals surface area contributed by atoms with Crippen molar-refractivity contribution in [3.8, 4) is 0 Å². The molecule has 2 heterocycles. The van der Waals surface area contributed by atoms with Crippen molar-refractivity contribution in [1.82, 2.24) is 9.38 Å². The van der Waals surface area contributed by atoms with Gasteiger partial charge in [-0.1, -0.05) is 18.5 Å². The van der Waals surface area contributed by atoms with E-state index in [0.29, 0.717) is 0 Å². The molecule has 0 N–H and O–H groups in total. The van der Waals surface area contributed by atoms with Crippen LogP contribution in [0, 0.1) is 0 Å². The lowest BCUT2D eigenvalue weighted by molar-refractivity contribution is 0.931. The zero-order chi connectivity index (χ0) is 9.42. The summed E-state index contributed by atoms with van der Waals surface area (Å²) < 4.78 is 2.88. The third-order valence-electron chi connectivity index (χ3n) is 1.95. The van der Waals surface area contributed by atoms with Gasteiger partial charge in [0, 0.05) is 12.6 Å². The maximum atomic E-state index is 5.89. The maximum absolute atomic E-state index is 5.89. The van der Waals surface area contributed by atoms with Crippen LogP contribution in [0.1, 0.15) is 12.7 Å². The van der Waals surface area contributed by atoms with Gasteiger partial charge in [-0.3, -0.25) is 0 Å². The number of fused-ring (bicyclic) bond motifs is 1. The lowest BCUT2D eigenvalue weighted by Gasteiger charge is -1.97. The monoisotopic (exact) mass is 258 g/mol. The molecule has 0 saturated heterocycles. The van der Waals surface area contributed by atoms with Crippen LogP contribution in [0.3, 0.4) is 0 Å². The molecule has 0 fully saturated rings. The molecule has 0 spiro atoms. The first-order valence-electron chi connectivity index (χ1n) is 4.04.